The lowest BCUT2D eigenvalue weighted by molar-refractivity contribution is 0.0709. The number of amides is 1. The van der Waals surface area contributed by atoms with E-state index in [0.29, 0.717) is 30.6 Å². The summed E-state index contributed by atoms with van der Waals surface area (Å²) in [6, 6.07) is 3.96. The zero-order chi connectivity index (χ0) is 13.5. The summed E-state index contributed by atoms with van der Waals surface area (Å²) in [5.41, 5.74) is 0.374. The molecular weight excluding hydrogens is 324 g/mol. The summed E-state index contributed by atoms with van der Waals surface area (Å²) in [7, 11) is 1.57. The number of halogens is 3. The quantitative estimate of drug-likeness (QED) is 0.746. The zero-order valence-electron chi connectivity index (χ0n) is 9.96. The average molecular weight is 339 g/mol. The molecule has 0 aliphatic rings. The van der Waals surface area contributed by atoms with Gasteiger partial charge in [-0.15, -0.1) is 0 Å². The lowest BCUT2D eigenvalue weighted by atomic mass is 10.2. The van der Waals surface area contributed by atoms with Gasteiger partial charge in [0.15, 0.2) is 0 Å². The fourth-order valence-corrected chi connectivity index (χ4v) is 2.04. The van der Waals surface area contributed by atoms with Crippen molar-refractivity contribution in [3.05, 3.63) is 34.6 Å². The van der Waals surface area contributed by atoms with Crippen molar-refractivity contribution < 1.29 is 13.9 Å². The molecule has 0 fully saturated rings. The maximum absolute atomic E-state index is 13.0. The lowest BCUT2D eigenvalue weighted by Gasteiger charge is -2.21. The number of methoxy groups -OCH3 is 1. The molecule has 0 bridgehead atoms. The Hall–Kier alpha value is -0.650. The normalized spacial score (nSPS) is 10.4. The van der Waals surface area contributed by atoms with Crippen molar-refractivity contribution in [2.45, 2.75) is 0 Å². The molecule has 0 unspecified atom stereocenters. The zero-order valence-corrected chi connectivity index (χ0v) is 12.3. The Labute approximate surface area is 119 Å². The number of rotatable bonds is 6. The second-order valence-electron chi connectivity index (χ2n) is 3.60. The van der Waals surface area contributed by atoms with Crippen LogP contribution in [-0.2, 0) is 4.74 Å². The molecular formula is C12H14BrClFNO2. The van der Waals surface area contributed by atoms with Crippen molar-refractivity contribution >= 4 is 33.4 Å². The SMILES string of the molecule is COCCN(CCBr)C(=O)c1ccc(F)c(Cl)c1. The number of nitrogens with zero attached hydrogens (tertiary/aromatic N) is 1. The number of hydrogen-bond acceptors (Lipinski definition) is 2. The van der Waals surface area contributed by atoms with Crippen molar-refractivity contribution in [1.82, 2.24) is 4.90 Å². The highest BCUT2D eigenvalue weighted by molar-refractivity contribution is 9.09. The molecule has 0 heterocycles. The van der Waals surface area contributed by atoms with Gasteiger partial charge in [0.05, 0.1) is 11.6 Å². The highest BCUT2D eigenvalue weighted by Crippen LogP contribution is 2.17. The van der Waals surface area contributed by atoms with E-state index in [2.05, 4.69) is 15.9 Å². The first-order valence-electron chi connectivity index (χ1n) is 5.39. The van der Waals surface area contributed by atoms with Crippen LogP contribution in [0, 0.1) is 5.82 Å². The molecule has 0 saturated carbocycles. The largest absolute Gasteiger partial charge is 0.383 e. The van der Waals surface area contributed by atoms with E-state index in [1.165, 1.54) is 18.2 Å². The van der Waals surface area contributed by atoms with Crippen LogP contribution in [0.2, 0.25) is 5.02 Å². The number of carbonyl (C=O) groups is 1. The van der Waals surface area contributed by atoms with Crippen LogP contribution in [0.25, 0.3) is 0 Å². The van der Waals surface area contributed by atoms with Crippen molar-refractivity contribution in [2.24, 2.45) is 0 Å². The van der Waals surface area contributed by atoms with Crippen molar-refractivity contribution in [2.75, 3.05) is 32.1 Å². The van der Waals surface area contributed by atoms with Gasteiger partial charge in [0.2, 0.25) is 0 Å². The highest BCUT2D eigenvalue weighted by atomic mass is 79.9. The molecule has 0 spiro atoms. The minimum atomic E-state index is -0.530. The first-order valence-corrected chi connectivity index (χ1v) is 6.89. The molecule has 18 heavy (non-hydrogen) atoms. The predicted molar refractivity (Wildman–Crippen MR) is 73.0 cm³/mol. The maximum atomic E-state index is 13.0. The van der Waals surface area contributed by atoms with Crippen LogP contribution in [0.1, 0.15) is 10.4 Å². The second kappa shape index (κ2) is 7.71. The van der Waals surface area contributed by atoms with Crippen LogP contribution in [0.5, 0.6) is 0 Å². The molecule has 3 nitrogen and oxygen atoms in total. The molecule has 0 atom stereocenters. The monoisotopic (exact) mass is 337 g/mol. The third-order valence-electron chi connectivity index (χ3n) is 2.37. The van der Waals surface area contributed by atoms with Crippen LogP contribution in [0.4, 0.5) is 4.39 Å². The molecule has 100 valence electrons. The number of ether oxygens (including phenoxy) is 1. The molecule has 1 aromatic rings. The Morgan fingerprint density at radius 1 is 1.50 bits per heavy atom. The molecule has 1 rings (SSSR count). The van der Waals surface area contributed by atoms with Crippen molar-refractivity contribution in [3.63, 3.8) is 0 Å². The highest BCUT2D eigenvalue weighted by Gasteiger charge is 2.16. The van der Waals surface area contributed by atoms with Crippen LogP contribution in [-0.4, -0.2) is 42.9 Å². The third kappa shape index (κ3) is 4.23. The molecule has 6 heteroatoms. The van der Waals surface area contributed by atoms with Crippen LogP contribution < -0.4 is 0 Å². The number of alkyl halides is 1. The van der Waals surface area contributed by atoms with E-state index in [1.54, 1.807) is 12.0 Å². The summed E-state index contributed by atoms with van der Waals surface area (Å²) < 4.78 is 18.0. The summed E-state index contributed by atoms with van der Waals surface area (Å²) in [6.45, 7) is 1.49. The lowest BCUT2D eigenvalue weighted by Crippen LogP contribution is -2.35. The molecule has 0 aliphatic carbocycles. The Morgan fingerprint density at radius 2 is 2.22 bits per heavy atom. The number of benzene rings is 1. The summed E-state index contributed by atoms with van der Waals surface area (Å²) in [5, 5.41) is 0.614. The average Bonchev–Trinajstić information content (AvgIpc) is 2.37. The standard InChI is InChI=1S/C12H14BrClFNO2/c1-18-7-6-16(5-4-13)12(17)9-2-3-11(15)10(14)8-9/h2-3,8H,4-7H2,1H3. The van der Waals surface area contributed by atoms with Gasteiger partial charge in [0.25, 0.3) is 5.91 Å². The van der Waals surface area contributed by atoms with Gasteiger partial charge in [-0.25, -0.2) is 4.39 Å². The first-order chi connectivity index (χ1) is 8.60. The Morgan fingerprint density at radius 3 is 2.78 bits per heavy atom. The molecule has 0 saturated heterocycles. The predicted octanol–water partition coefficient (Wildman–Crippen LogP) is 2.96. The van der Waals surface area contributed by atoms with Gasteiger partial charge in [0, 0.05) is 31.1 Å². The summed E-state index contributed by atoms with van der Waals surface area (Å²) in [5.74, 6) is -0.717. The van der Waals surface area contributed by atoms with Crippen molar-refractivity contribution in [3.8, 4) is 0 Å². The third-order valence-corrected chi connectivity index (χ3v) is 3.02. The van der Waals surface area contributed by atoms with E-state index in [-0.39, 0.29) is 10.9 Å². The van der Waals surface area contributed by atoms with Crippen LogP contribution in [0.15, 0.2) is 18.2 Å². The van der Waals surface area contributed by atoms with E-state index < -0.39 is 5.82 Å². The molecule has 1 aromatic carbocycles. The van der Waals surface area contributed by atoms with E-state index in [1.807, 2.05) is 0 Å². The summed E-state index contributed by atoms with van der Waals surface area (Å²) in [4.78, 5) is 13.8. The summed E-state index contributed by atoms with van der Waals surface area (Å²) in [6.07, 6.45) is 0. The van der Waals surface area contributed by atoms with E-state index in [4.69, 9.17) is 16.3 Å². The first kappa shape index (κ1) is 15.4. The maximum Gasteiger partial charge on any atom is 0.254 e. The summed E-state index contributed by atoms with van der Waals surface area (Å²) >= 11 is 8.95. The topological polar surface area (TPSA) is 29.5 Å². The smallest absolute Gasteiger partial charge is 0.254 e. The van der Waals surface area contributed by atoms with Gasteiger partial charge < -0.3 is 9.64 Å². The van der Waals surface area contributed by atoms with Crippen LogP contribution in [0.3, 0.4) is 0 Å². The van der Waals surface area contributed by atoms with Gasteiger partial charge in [-0.05, 0) is 18.2 Å². The molecule has 1 amide bonds. The van der Waals surface area contributed by atoms with Gasteiger partial charge in [-0.3, -0.25) is 4.79 Å². The van der Waals surface area contributed by atoms with E-state index in [9.17, 15) is 9.18 Å². The minimum absolute atomic E-state index is 0.0496. The minimum Gasteiger partial charge on any atom is -0.383 e. The molecule has 0 N–H and O–H groups in total. The van der Waals surface area contributed by atoms with Gasteiger partial charge in [0.1, 0.15) is 5.82 Å². The molecule has 0 radical (unpaired) electrons. The number of hydrogen-bond donors (Lipinski definition) is 0. The Bertz CT molecular complexity index is 417. The number of carbonyl (C=O) groups excluding carboxylic acids is 1. The Kier molecular flexibility index (Phi) is 6.60. The van der Waals surface area contributed by atoms with Crippen molar-refractivity contribution in [1.29, 1.82) is 0 Å². The molecule has 0 aromatic heterocycles. The van der Waals surface area contributed by atoms with E-state index in [0.717, 1.165) is 0 Å². The second-order valence-corrected chi connectivity index (χ2v) is 4.80. The van der Waals surface area contributed by atoms with Crippen LogP contribution >= 0.6 is 27.5 Å². The van der Waals surface area contributed by atoms with Gasteiger partial charge in [-0.1, -0.05) is 27.5 Å². The molecule has 0 aliphatic heterocycles. The van der Waals surface area contributed by atoms with Gasteiger partial charge >= 0.3 is 0 Å². The van der Waals surface area contributed by atoms with E-state index >= 15 is 0 Å². The Balaban J connectivity index is 2.83. The fraction of sp³-hybridized carbons (Fsp3) is 0.417. The van der Waals surface area contributed by atoms with Gasteiger partial charge in [-0.2, -0.15) is 0 Å². The fourth-order valence-electron chi connectivity index (χ4n) is 1.43.